The SMILES string of the molecule is CCCn1ccn(Cc2cccc(C(=O)NN)n2)c1=O. The molecule has 7 heteroatoms. The van der Waals surface area contributed by atoms with Gasteiger partial charge in [-0.15, -0.1) is 0 Å². The first-order valence-corrected chi connectivity index (χ1v) is 6.38. The van der Waals surface area contributed by atoms with Gasteiger partial charge in [-0.25, -0.2) is 15.6 Å². The first kappa shape index (κ1) is 14.0. The van der Waals surface area contributed by atoms with Crippen molar-refractivity contribution in [1.29, 1.82) is 0 Å². The van der Waals surface area contributed by atoms with Gasteiger partial charge in [-0.05, 0) is 18.6 Å². The van der Waals surface area contributed by atoms with Gasteiger partial charge in [-0.2, -0.15) is 0 Å². The highest BCUT2D eigenvalue weighted by Gasteiger charge is 2.08. The fraction of sp³-hybridized carbons (Fsp3) is 0.308. The van der Waals surface area contributed by atoms with Gasteiger partial charge in [0, 0.05) is 18.9 Å². The third-order valence-corrected chi connectivity index (χ3v) is 2.89. The number of amides is 1. The maximum atomic E-state index is 12.0. The van der Waals surface area contributed by atoms with Crippen LogP contribution in [0.1, 0.15) is 29.5 Å². The Balaban J connectivity index is 2.22. The lowest BCUT2D eigenvalue weighted by Gasteiger charge is -2.04. The molecule has 2 heterocycles. The molecule has 0 aromatic carbocycles. The largest absolute Gasteiger partial charge is 0.328 e. The molecule has 1 amide bonds. The van der Waals surface area contributed by atoms with Gasteiger partial charge in [0.1, 0.15) is 5.69 Å². The maximum absolute atomic E-state index is 12.0. The van der Waals surface area contributed by atoms with Gasteiger partial charge in [0.05, 0.1) is 12.2 Å². The van der Waals surface area contributed by atoms with Crippen LogP contribution in [0, 0.1) is 0 Å². The van der Waals surface area contributed by atoms with Crippen LogP contribution in [0.3, 0.4) is 0 Å². The summed E-state index contributed by atoms with van der Waals surface area (Å²) in [7, 11) is 0. The van der Waals surface area contributed by atoms with E-state index >= 15 is 0 Å². The molecule has 3 N–H and O–H groups in total. The molecule has 0 radical (unpaired) electrons. The number of hydrogen-bond donors (Lipinski definition) is 2. The molecule has 0 bridgehead atoms. The molecular weight excluding hydrogens is 258 g/mol. The van der Waals surface area contributed by atoms with Crippen LogP contribution in [0.4, 0.5) is 0 Å². The summed E-state index contributed by atoms with van der Waals surface area (Å²) < 4.78 is 3.21. The van der Waals surface area contributed by atoms with E-state index < -0.39 is 5.91 Å². The first-order chi connectivity index (χ1) is 9.65. The van der Waals surface area contributed by atoms with Gasteiger partial charge in [-0.3, -0.25) is 19.4 Å². The topological polar surface area (TPSA) is 94.9 Å². The fourth-order valence-electron chi connectivity index (χ4n) is 1.93. The van der Waals surface area contributed by atoms with Crippen LogP contribution in [0.15, 0.2) is 35.4 Å². The highest BCUT2D eigenvalue weighted by molar-refractivity contribution is 5.91. The molecule has 0 saturated heterocycles. The number of carbonyl (C=O) groups is 1. The van der Waals surface area contributed by atoms with Crippen molar-refractivity contribution in [3.8, 4) is 0 Å². The van der Waals surface area contributed by atoms with E-state index in [1.54, 1.807) is 39.7 Å². The van der Waals surface area contributed by atoms with Crippen LogP contribution in [0.25, 0.3) is 0 Å². The number of imidazole rings is 1. The van der Waals surface area contributed by atoms with Crippen molar-refractivity contribution in [1.82, 2.24) is 19.5 Å². The molecule has 0 saturated carbocycles. The van der Waals surface area contributed by atoms with Crippen molar-refractivity contribution in [2.24, 2.45) is 5.84 Å². The van der Waals surface area contributed by atoms with Crippen molar-refractivity contribution >= 4 is 5.91 Å². The molecule has 0 aliphatic rings. The minimum absolute atomic E-state index is 0.0812. The molecule has 0 aliphatic carbocycles. The van der Waals surface area contributed by atoms with Crippen LogP contribution in [-0.2, 0) is 13.1 Å². The van der Waals surface area contributed by atoms with Crippen molar-refractivity contribution in [3.63, 3.8) is 0 Å². The lowest BCUT2D eigenvalue weighted by atomic mass is 10.3. The Morgan fingerprint density at radius 2 is 2.10 bits per heavy atom. The Morgan fingerprint density at radius 3 is 2.80 bits per heavy atom. The van der Waals surface area contributed by atoms with Crippen LogP contribution in [0.2, 0.25) is 0 Å². The number of aryl methyl sites for hydroxylation is 1. The number of rotatable bonds is 5. The standard InChI is InChI=1S/C13H17N5O2/c1-2-6-17-7-8-18(13(17)20)9-10-4-3-5-11(15-10)12(19)16-14/h3-5,7-8H,2,6,9,14H2,1H3,(H,16,19). The summed E-state index contributed by atoms with van der Waals surface area (Å²) in [6.45, 7) is 3.02. The van der Waals surface area contributed by atoms with Gasteiger partial charge in [0.25, 0.3) is 5.91 Å². The van der Waals surface area contributed by atoms with Gasteiger partial charge >= 0.3 is 5.69 Å². The van der Waals surface area contributed by atoms with Gasteiger partial charge < -0.3 is 0 Å². The average molecular weight is 275 g/mol. The maximum Gasteiger partial charge on any atom is 0.328 e. The average Bonchev–Trinajstić information content (AvgIpc) is 2.80. The van der Waals surface area contributed by atoms with Crippen molar-refractivity contribution in [2.75, 3.05) is 0 Å². The fourth-order valence-corrected chi connectivity index (χ4v) is 1.93. The summed E-state index contributed by atoms with van der Waals surface area (Å²) in [6.07, 6.45) is 4.37. The highest BCUT2D eigenvalue weighted by Crippen LogP contribution is 2.01. The second-order valence-corrected chi connectivity index (χ2v) is 4.39. The predicted octanol–water partition coefficient (Wildman–Crippen LogP) is 0.107. The lowest BCUT2D eigenvalue weighted by molar-refractivity contribution is 0.0948. The second-order valence-electron chi connectivity index (χ2n) is 4.39. The third-order valence-electron chi connectivity index (χ3n) is 2.89. The number of nitrogens with zero attached hydrogens (tertiary/aromatic N) is 3. The zero-order valence-corrected chi connectivity index (χ0v) is 11.2. The van der Waals surface area contributed by atoms with E-state index in [1.807, 2.05) is 12.3 Å². The number of nitrogen functional groups attached to an aromatic ring is 1. The number of carbonyl (C=O) groups excluding carboxylic acids is 1. The van der Waals surface area contributed by atoms with Crippen molar-refractivity contribution < 1.29 is 4.79 Å². The summed E-state index contributed by atoms with van der Waals surface area (Å²) in [6, 6.07) is 5.04. The summed E-state index contributed by atoms with van der Waals surface area (Å²) in [5.41, 5.74) is 2.80. The van der Waals surface area contributed by atoms with Gasteiger partial charge in [0.2, 0.25) is 0 Å². The molecule has 106 valence electrons. The van der Waals surface area contributed by atoms with Crippen LogP contribution in [0.5, 0.6) is 0 Å². The van der Waals surface area contributed by atoms with E-state index in [0.717, 1.165) is 6.42 Å². The monoisotopic (exact) mass is 275 g/mol. The molecule has 2 aromatic heterocycles. The van der Waals surface area contributed by atoms with E-state index in [0.29, 0.717) is 18.8 Å². The number of hydrazine groups is 1. The number of pyridine rings is 1. The van der Waals surface area contributed by atoms with Crippen molar-refractivity contribution in [3.05, 3.63) is 52.5 Å². The molecule has 0 atom stereocenters. The Labute approximate surface area is 116 Å². The Hall–Kier alpha value is -2.41. The quantitative estimate of drug-likeness (QED) is 0.460. The number of nitrogens with two attached hydrogens (primary N) is 1. The van der Waals surface area contributed by atoms with Crippen LogP contribution < -0.4 is 17.0 Å². The molecular formula is C13H17N5O2. The molecule has 2 aromatic rings. The molecule has 0 unspecified atom stereocenters. The van der Waals surface area contributed by atoms with E-state index in [-0.39, 0.29) is 11.4 Å². The molecule has 0 aliphatic heterocycles. The van der Waals surface area contributed by atoms with E-state index in [9.17, 15) is 9.59 Å². The predicted molar refractivity (Wildman–Crippen MR) is 74.0 cm³/mol. The minimum atomic E-state index is -0.456. The zero-order chi connectivity index (χ0) is 14.5. The molecule has 0 spiro atoms. The third kappa shape index (κ3) is 2.94. The lowest BCUT2D eigenvalue weighted by Crippen LogP contribution is -2.31. The Kier molecular flexibility index (Phi) is 4.31. The summed E-state index contributed by atoms with van der Waals surface area (Å²) in [5, 5.41) is 0. The Bertz CT molecular complexity index is 659. The van der Waals surface area contributed by atoms with Gasteiger partial charge in [0.15, 0.2) is 0 Å². The molecule has 2 rings (SSSR count). The van der Waals surface area contributed by atoms with Gasteiger partial charge in [-0.1, -0.05) is 13.0 Å². The number of aromatic nitrogens is 3. The van der Waals surface area contributed by atoms with Crippen LogP contribution in [-0.4, -0.2) is 20.0 Å². The number of nitrogens with one attached hydrogen (secondary N) is 1. The summed E-state index contributed by atoms with van der Waals surface area (Å²) in [5.74, 6) is 4.61. The smallest absolute Gasteiger partial charge is 0.299 e. The van der Waals surface area contributed by atoms with E-state index in [4.69, 9.17) is 5.84 Å². The zero-order valence-electron chi connectivity index (χ0n) is 11.2. The van der Waals surface area contributed by atoms with Crippen LogP contribution >= 0.6 is 0 Å². The van der Waals surface area contributed by atoms with E-state index in [2.05, 4.69) is 4.98 Å². The Morgan fingerprint density at radius 1 is 1.35 bits per heavy atom. The molecule has 20 heavy (non-hydrogen) atoms. The van der Waals surface area contributed by atoms with Crippen molar-refractivity contribution in [2.45, 2.75) is 26.4 Å². The molecule has 0 fully saturated rings. The highest BCUT2D eigenvalue weighted by atomic mass is 16.2. The van der Waals surface area contributed by atoms with E-state index in [1.165, 1.54) is 0 Å². The first-order valence-electron chi connectivity index (χ1n) is 6.38. The normalized spacial score (nSPS) is 10.5. The minimum Gasteiger partial charge on any atom is -0.299 e. The second kappa shape index (κ2) is 6.16. The molecule has 7 nitrogen and oxygen atoms in total. The summed E-state index contributed by atoms with van der Waals surface area (Å²) >= 11 is 0. The number of hydrogen-bond acceptors (Lipinski definition) is 4. The summed E-state index contributed by atoms with van der Waals surface area (Å²) in [4.78, 5) is 27.6.